The van der Waals surface area contributed by atoms with E-state index in [0.29, 0.717) is 13.1 Å². The highest BCUT2D eigenvalue weighted by molar-refractivity contribution is 5.57. The first-order chi connectivity index (χ1) is 12.2. The Bertz CT molecular complexity index is 829. The summed E-state index contributed by atoms with van der Waals surface area (Å²) in [5.74, 6) is 0.978. The second kappa shape index (κ2) is 6.78. The predicted octanol–water partition coefficient (Wildman–Crippen LogP) is 1.80. The highest BCUT2D eigenvalue weighted by Crippen LogP contribution is 2.24. The number of aliphatic hydroxyl groups is 1. The summed E-state index contributed by atoms with van der Waals surface area (Å²) < 4.78 is 5.45. The van der Waals surface area contributed by atoms with Gasteiger partial charge in [-0.3, -0.25) is 15.0 Å². The maximum atomic E-state index is 10.4. The molecule has 130 valence electrons. The molecule has 1 aliphatic heterocycles. The van der Waals surface area contributed by atoms with Crippen LogP contribution in [0.1, 0.15) is 17.1 Å². The standard InChI is InChI=1S/C18H21N5O2/c1-12-5-15(21-20-12)6-14-9-23(11-18(14)24)10-16-7-17(22-25-16)13-3-2-4-19-8-13/h2-5,7-8,14,18,24H,6,9-11H2,1H3,(H,20,21)/t14-,18+/m1/s1. The first-order valence-electron chi connectivity index (χ1n) is 8.44. The van der Waals surface area contributed by atoms with E-state index in [1.807, 2.05) is 31.2 Å². The molecular formula is C18H21N5O2. The molecule has 25 heavy (non-hydrogen) atoms. The highest BCUT2D eigenvalue weighted by atomic mass is 16.5. The van der Waals surface area contributed by atoms with Gasteiger partial charge in [-0.2, -0.15) is 5.10 Å². The van der Waals surface area contributed by atoms with Crippen LogP contribution >= 0.6 is 0 Å². The zero-order chi connectivity index (χ0) is 17.2. The molecule has 0 spiro atoms. The lowest BCUT2D eigenvalue weighted by Crippen LogP contribution is -2.21. The monoisotopic (exact) mass is 339 g/mol. The zero-order valence-electron chi connectivity index (χ0n) is 14.1. The Hall–Kier alpha value is -2.51. The maximum absolute atomic E-state index is 10.4. The fourth-order valence-corrected chi connectivity index (χ4v) is 3.38. The molecule has 2 N–H and O–H groups in total. The Morgan fingerprint density at radius 1 is 1.36 bits per heavy atom. The molecule has 2 atom stereocenters. The van der Waals surface area contributed by atoms with E-state index in [0.717, 1.165) is 41.4 Å². The molecular weight excluding hydrogens is 318 g/mol. The Labute approximate surface area is 145 Å². The molecule has 3 aromatic heterocycles. The summed E-state index contributed by atoms with van der Waals surface area (Å²) in [5, 5.41) is 21.7. The van der Waals surface area contributed by atoms with Crippen LogP contribution in [0.15, 0.2) is 41.2 Å². The van der Waals surface area contributed by atoms with Gasteiger partial charge in [0.05, 0.1) is 18.3 Å². The van der Waals surface area contributed by atoms with E-state index < -0.39 is 0 Å². The van der Waals surface area contributed by atoms with Crippen LogP contribution in [0, 0.1) is 12.8 Å². The molecule has 0 saturated carbocycles. The van der Waals surface area contributed by atoms with E-state index in [1.54, 1.807) is 12.4 Å². The molecule has 0 unspecified atom stereocenters. The number of hydrogen-bond donors (Lipinski definition) is 2. The van der Waals surface area contributed by atoms with Crippen LogP contribution in [-0.4, -0.2) is 49.5 Å². The molecule has 7 nitrogen and oxygen atoms in total. The van der Waals surface area contributed by atoms with E-state index in [-0.39, 0.29) is 12.0 Å². The average Bonchev–Trinajstić information content (AvgIpc) is 3.31. The van der Waals surface area contributed by atoms with Gasteiger partial charge in [0.2, 0.25) is 0 Å². The fraction of sp³-hybridized carbons (Fsp3) is 0.389. The largest absolute Gasteiger partial charge is 0.391 e. The Morgan fingerprint density at radius 2 is 2.28 bits per heavy atom. The van der Waals surface area contributed by atoms with Crippen molar-refractivity contribution < 1.29 is 9.63 Å². The summed E-state index contributed by atoms with van der Waals surface area (Å²) in [6.07, 6.45) is 3.93. The SMILES string of the molecule is Cc1cc(C[C@@H]2CN(Cc3cc(-c4cccnc4)no3)C[C@@H]2O)n[nH]1. The molecule has 0 aromatic carbocycles. The molecule has 7 heteroatoms. The third-order valence-corrected chi connectivity index (χ3v) is 4.61. The Morgan fingerprint density at radius 3 is 3.04 bits per heavy atom. The number of pyridine rings is 1. The van der Waals surface area contributed by atoms with Crippen molar-refractivity contribution >= 4 is 0 Å². The fourth-order valence-electron chi connectivity index (χ4n) is 3.38. The van der Waals surface area contributed by atoms with E-state index in [1.165, 1.54) is 0 Å². The summed E-state index contributed by atoms with van der Waals surface area (Å²) in [6.45, 7) is 4.07. The minimum Gasteiger partial charge on any atom is -0.391 e. The first kappa shape index (κ1) is 16.0. The number of hydrogen-bond acceptors (Lipinski definition) is 6. The van der Waals surface area contributed by atoms with Crippen molar-refractivity contribution in [2.75, 3.05) is 13.1 Å². The predicted molar refractivity (Wildman–Crippen MR) is 91.5 cm³/mol. The second-order valence-corrected chi connectivity index (χ2v) is 6.69. The summed E-state index contributed by atoms with van der Waals surface area (Å²) in [5.41, 5.74) is 3.77. The van der Waals surface area contributed by atoms with Crippen molar-refractivity contribution in [2.24, 2.45) is 5.92 Å². The van der Waals surface area contributed by atoms with Crippen LogP contribution in [0.4, 0.5) is 0 Å². The smallest absolute Gasteiger partial charge is 0.151 e. The summed E-state index contributed by atoms with van der Waals surface area (Å²) >= 11 is 0. The number of β-amino-alcohol motifs (C(OH)–C–C–N with tert-alkyl or cyclic N) is 1. The number of nitrogens with one attached hydrogen (secondary N) is 1. The average molecular weight is 339 g/mol. The van der Waals surface area contributed by atoms with Gasteiger partial charge < -0.3 is 9.63 Å². The number of rotatable bonds is 5. The minimum absolute atomic E-state index is 0.184. The minimum atomic E-state index is -0.349. The van der Waals surface area contributed by atoms with Gasteiger partial charge in [0.25, 0.3) is 0 Å². The van der Waals surface area contributed by atoms with Crippen LogP contribution in [0.3, 0.4) is 0 Å². The lowest BCUT2D eigenvalue weighted by molar-refractivity contribution is 0.139. The quantitative estimate of drug-likeness (QED) is 0.737. The highest BCUT2D eigenvalue weighted by Gasteiger charge is 2.32. The van der Waals surface area contributed by atoms with Crippen molar-refractivity contribution in [3.05, 3.63) is 53.8 Å². The number of likely N-dealkylation sites (tertiary alicyclic amines) is 1. The lowest BCUT2D eigenvalue weighted by atomic mass is 10.0. The number of aryl methyl sites for hydroxylation is 1. The number of aliphatic hydroxyl groups excluding tert-OH is 1. The summed E-state index contributed by atoms with van der Waals surface area (Å²) in [6, 6.07) is 7.80. The van der Waals surface area contributed by atoms with Gasteiger partial charge in [0.1, 0.15) is 5.69 Å². The van der Waals surface area contributed by atoms with Crippen molar-refractivity contribution in [1.82, 2.24) is 25.2 Å². The molecule has 0 aliphatic carbocycles. The number of nitrogens with zero attached hydrogens (tertiary/aromatic N) is 4. The second-order valence-electron chi connectivity index (χ2n) is 6.69. The molecule has 3 aromatic rings. The summed E-state index contributed by atoms with van der Waals surface area (Å²) in [4.78, 5) is 6.30. The molecule has 1 saturated heterocycles. The number of aromatic nitrogens is 4. The lowest BCUT2D eigenvalue weighted by Gasteiger charge is -2.12. The molecule has 1 aliphatic rings. The van der Waals surface area contributed by atoms with Crippen molar-refractivity contribution in [3.8, 4) is 11.3 Å². The van der Waals surface area contributed by atoms with Crippen LogP contribution in [0.2, 0.25) is 0 Å². The van der Waals surface area contributed by atoms with Crippen molar-refractivity contribution in [3.63, 3.8) is 0 Å². The van der Waals surface area contributed by atoms with Gasteiger partial charge in [0.15, 0.2) is 5.76 Å². The zero-order valence-corrected chi connectivity index (χ0v) is 14.1. The van der Waals surface area contributed by atoms with E-state index in [2.05, 4.69) is 25.2 Å². The summed E-state index contributed by atoms with van der Waals surface area (Å²) in [7, 11) is 0. The number of H-pyrrole nitrogens is 1. The van der Waals surface area contributed by atoms with Gasteiger partial charge in [0, 0.05) is 48.7 Å². The van der Waals surface area contributed by atoms with Gasteiger partial charge >= 0.3 is 0 Å². The van der Waals surface area contributed by atoms with Gasteiger partial charge in [-0.15, -0.1) is 0 Å². The Balaban J connectivity index is 1.38. The Kier molecular flexibility index (Phi) is 4.33. The third-order valence-electron chi connectivity index (χ3n) is 4.61. The molecule has 0 amide bonds. The topological polar surface area (TPSA) is 91.1 Å². The van der Waals surface area contributed by atoms with E-state index >= 15 is 0 Å². The van der Waals surface area contributed by atoms with Crippen LogP contribution in [-0.2, 0) is 13.0 Å². The molecule has 0 radical (unpaired) electrons. The van der Waals surface area contributed by atoms with Crippen LogP contribution in [0.5, 0.6) is 0 Å². The molecule has 0 bridgehead atoms. The van der Waals surface area contributed by atoms with Gasteiger partial charge in [-0.05, 0) is 31.5 Å². The van der Waals surface area contributed by atoms with Crippen LogP contribution in [0.25, 0.3) is 11.3 Å². The number of aromatic amines is 1. The van der Waals surface area contributed by atoms with Gasteiger partial charge in [-0.25, -0.2) is 0 Å². The first-order valence-corrected chi connectivity index (χ1v) is 8.44. The van der Waals surface area contributed by atoms with E-state index in [4.69, 9.17) is 4.52 Å². The van der Waals surface area contributed by atoms with Crippen molar-refractivity contribution in [1.29, 1.82) is 0 Å². The molecule has 4 rings (SSSR count). The van der Waals surface area contributed by atoms with Crippen LogP contribution < -0.4 is 0 Å². The molecule has 4 heterocycles. The maximum Gasteiger partial charge on any atom is 0.151 e. The molecule has 1 fully saturated rings. The third kappa shape index (κ3) is 3.62. The van der Waals surface area contributed by atoms with Gasteiger partial charge in [-0.1, -0.05) is 5.16 Å². The normalized spacial score (nSPS) is 21.0. The van der Waals surface area contributed by atoms with Crippen molar-refractivity contribution in [2.45, 2.75) is 26.0 Å². The van der Waals surface area contributed by atoms with E-state index in [9.17, 15) is 5.11 Å².